The maximum absolute atomic E-state index is 10.6. The van der Waals surface area contributed by atoms with E-state index in [1.807, 2.05) is 12.3 Å². The van der Waals surface area contributed by atoms with Gasteiger partial charge in [-0.1, -0.05) is 18.2 Å². The number of carboxylic acid groups (broad SMARTS) is 2. The summed E-state index contributed by atoms with van der Waals surface area (Å²) < 4.78 is 68.7. The average molecular weight is 551 g/mol. The van der Waals surface area contributed by atoms with Gasteiger partial charge in [-0.25, -0.2) is 9.59 Å². The second kappa shape index (κ2) is 13.4. The molecule has 3 heterocycles. The molecule has 210 valence electrons. The third-order valence-corrected chi connectivity index (χ3v) is 5.80. The summed E-state index contributed by atoms with van der Waals surface area (Å²) in [6.45, 7) is 6.90. The Morgan fingerprint density at radius 1 is 0.842 bits per heavy atom. The zero-order valence-electron chi connectivity index (χ0n) is 20.2. The molecule has 8 nitrogen and oxygen atoms in total. The fourth-order valence-electron chi connectivity index (χ4n) is 4.16. The second-order valence-corrected chi connectivity index (χ2v) is 8.68. The molecule has 2 N–H and O–H groups in total. The molecule has 2 saturated heterocycles. The Hall–Kier alpha value is -3.39. The molecule has 38 heavy (non-hydrogen) atoms. The van der Waals surface area contributed by atoms with E-state index in [0.29, 0.717) is 0 Å². The number of benzene rings is 1. The molecule has 2 atom stereocenters. The molecular weight excluding hydrogens is 524 g/mol. The Morgan fingerprint density at radius 3 is 1.66 bits per heavy atom. The standard InChI is InChI=1S/C20H25N3O.2C2HF3O2/c1-24-20-7-5-16(6-8-20)10-22-11-17-13-23(14-18(17)12-22)15-19-4-2-3-9-21-19;2*3-2(4,5)1(6)7/h2-9,17-18H,10-15H2,1H3;2*(H,6,7)/t17-,18+;;. The molecule has 0 aliphatic carbocycles. The van der Waals surface area contributed by atoms with Gasteiger partial charge in [-0.05, 0) is 41.7 Å². The number of ether oxygens (including phenoxy) is 1. The van der Waals surface area contributed by atoms with Crippen LogP contribution in [0.5, 0.6) is 5.75 Å². The summed E-state index contributed by atoms with van der Waals surface area (Å²) in [5.74, 6) is -2.96. The maximum Gasteiger partial charge on any atom is 0.490 e. The van der Waals surface area contributed by atoms with Crippen LogP contribution in [0.2, 0.25) is 0 Å². The van der Waals surface area contributed by atoms with E-state index in [4.69, 9.17) is 24.5 Å². The number of rotatable bonds is 5. The van der Waals surface area contributed by atoms with E-state index in [1.165, 1.54) is 37.4 Å². The smallest absolute Gasteiger partial charge is 0.490 e. The fraction of sp³-hybridized carbons (Fsp3) is 0.458. The molecule has 0 amide bonds. The summed E-state index contributed by atoms with van der Waals surface area (Å²) in [4.78, 5) is 27.4. The Labute approximate surface area is 214 Å². The number of methoxy groups -OCH3 is 1. The maximum atomic E-state index is 10.6. The third kappa shape index (κ3) is 10.2. The van der Waals surface area contributed by atoms with Crippen molar-refractivity contribution in [3.63, 3.8) is 0 Å². The SMILES string of the molecule is COc1ccc(CN2C[C@@H]3CN(Cc4ccccn4)C[C@@H]3C2)cc1.O=C(O)C(F)(F)F.O=C(O)C(F)(F)F. The molecule has 0 radical (unpaired) electrons. The van der Waals surface area contributed by atoms with Crippen molar-refractivity contribution < 1.29 is 50.9 Å². The van der Waals surface area contributed by atoms with Crippen molar-refractivity contribution in [2.45, 2.75) is 25.4 Å². The van der Waals surface area contributed by atoms with Gasteiger partial charge in [0.15, 0.2) is 0 Å². The van der Waals surface area contributed by atoms with Crippen LogP contribution < -0.4 is 4.74 Å². The summed E-state index contributed by atoms with van der Waals surface area (Å²) in [5.41, 5.74) is 2.56. The number of halogens is 6. The van der Waals surface area contributed by atoms with E-state index in [0.717, 1.165) is 30.7 Å². The molecule has 0 spiro atoms. The Balaban J connectivity index is 0.000000301. The van der Waals surface area contributed by atoms with Crippen LogP contribution in [0.4, 0.5) is 26.3 Å². The van der Waals surface area contributed by atoms with Gasteiger partial charge in [0.25, 0.3) is 0 Å². The first-order valence-electron chi connectivity index (χ1n) is 11.3. The van der Waals surface area contributed by atoms with E-state index in [1.54, 1.807) is 7.11 Å². The number of aliphatic carboxylic acids is 2. The molecule has 0 saturated carbocycles. The number of hydrogen-bond acceptors (Lipinski definition) is 6. The topological polar surface area (TPSA) is 103 Å². The van der Waals surface area contributed by atoms with Crippen LogP contribution in [0, 0.1) is 11.8 Å². The normalized spacial score (nSPS) is 19.4. The van der Waals surface area contributed by atoms with Crippen LogP contribution in [-0.2, 0) is 22.7 Å². The summed E-state index contributed by atoms with van der Waals surface area (Å²) in [6.07, 6.45) is -8.27. The highest BCUT2D eigenvalue weighted by molar-refractivity contribution is 5.73. The quantitative estimate of drug-likeness (QED) is 0.540. The summed E-state index contributed by atoms with van der Waals surface area (Å²) in [7, 11) is 1.72. The average Bonchev–Trinajstić information content (AvgIpc) is 3.37. The van der Waals surface area contributed by atoms with Crippen molar-refractivity contribution in [3.8, 4) is 5.75 Å². The first-order valence-corrected chi connectivity index (χ1v) is 11.3. The first kappa shape index (κ1) is 30.8. The lowest BCUT2D eigenvalue weighted by Gasteiger charge is -2.21. The van der Waals surface area contributed by atoms with Gasteiger partial charge in [-0.2, -0.15) is 26.3 Å². The van der Waals surface area contributed by atoms with Crippen molar-refractivity contribution in [2.75, 3.05) is 33.3 Å². The number of nitrogens with zero attached hydrogens (tertiary/aromatic N) is 3. The van der Waals surface area contributed by atoms with Gasteiger partial charge in [0.2, 0.25) is 0 Å². The number of likely N-dealkylation sites (tertiary alicyclic amines) is 2. The van der Waals surface area contributed by atoms with Crippen LogP contribution in [0.3, 0.4) is 0 Å². The van der Waals surface area contributed by atoms with Crippen molar-refractivity contribution in [3.05, 3.63) is 59.9 Å². The highest BCUT2D eigenvalue weighted by Crippen LogP contribution is 2.32. The Bertz CT molecular complexity index is 997. The zero-order chi connectivity index (χ0) is 28.5. The molecule has 4 rings (SSSR count). The highest BCUT2D eigenvalue weighted by Gasteiger charge is 2.40. The predicted octanol–water partition coefficient (Wildman–Crippen LogP) is 3.92. The first-order chi connectivity index (χ1) is 17.7. The van der Waals surface area contributed by atoms with Crippen LogP contribution >= 0.6 is 0 Å². The third-order valence-electron chi connectivity index (χ3n) is 5.80. The lowest BCUT2D eigenvalue weighted by Crippen LogP contribution is -2.28. The summed E-state index contributed by atoms with van der Waals surface area (Å²) in [5, 5.41) is 14.2. The van der Waals surface area contributed by atoms with Gasteiger partial charge in [-0.3, -0.25) is 14.8 Å². The van der Waals surface area contributed by atoms with Gasteiger partial charge < -0.3 is 14.9 Å². The van der Waals surface area contributed by atoms with E-state index in [-0.39, 0.29) is 0 Å². The van der Waals surface area contributed by atoms with Crippen molar-refractivity contribution in [2.24, 2.45) is 11.8 Å². The number of fused-ring (bicyclic) bond motifs is 1. The Morgan fingerprint density at radius 2 is 1.29 bits per heavy atom. The molecule has 0 unspecified atom stereocenters. The van der Waals surface area contributed by atoms with E-state index < -0.39 is 24.3 Å². The minimum absolute atomic E-state index is 0.812. The number of hydrogen-bond donors (Lipinski definition) is 2. The van der Waals surface area contributed by atoms with Gasteiger partial charge in [0.1, 0.15) is 5.75 Å². The molecule has 0 bridgehead atoms. The van der Waals surface area contributed by atoms with Crippen molar-refractivity contribution >= 4 is 11.9 Å². The molecule has 2 aromatic rings. The lowest BCUT2D eigenvalue weighted by atomic mass is 10.0. The monoisotopic (exact) mass is 551 g/mol. The summed E-state index contributed by atoms with van der Waals surface area (Å²) >= 11 is 0. The predicted molar refractivity (Wildman–Crippen MR) is 122 cm³/mol. The molecule has 2 fully saturated rings. The van der Waals surface area contributed by atoms with Crippen molar-refractivity contribution in [1.82, 2.24) is 14.8 Å². The molecule has 2 aliphatic rings. The zero-order valence-corrected chi connectivity index (χ0v) is 20.2. The van der Waals surface area contributed by atoms with Crippen LogP contribution in [-0.4, -0.2) is 82.6 Å². The highest BCUT2D eigenvalue weighted by atomic mass is 19.4. The molecular formula is C24H27F6N3O5. The summed E-state index contributed by atoms with van der Waals surface area (Å²) in [6, 6.07) is 14.7. The minimum Gasteiger partial charge on any atom is -0.497 e. The van der Waals surface area contributed by atoms with Gasteiger partial charge in [0, 0.05) is 45.5 Å². The molecule has 2 aliphatic heterocycles. The number of carboxylic acids is 2. The van der Waals surface area contributed by atoms with Gasteiger partial charge in [-0.15, -0.1) is 0 Å². The second-order valence-electron chi connectivity index (χ2n) is 8.68. The number of alkyl halides is 6. The van der Waals surface area contributed by atoms with Gasteiger partial charge in [0.05, 0.1) is 12.8 Å². The largest absolute Gasteiger partial charge is 0.497 e. The lowest BCUT2D eigenvalue weighted by molar-refractivity contribution is -0.193. The molecule has 14 heteroatoms. The van der Waals surface area contributed by atoms with Crippen LogP contribution in [0.15, 0.2) is 48.7 Å². The van der Waals surface area contributed by atoms with Gasteiger partial charge >= 0.3 is 24.3 Å². The fourth-order valence-corrected chi connectivity index (χ4v) is 4.16. The molecule has 1 aromatic heterocycles. The van der Waals surface area contributed by atoms with Crippen LogP contribution in [0.25, 0.3) is 0 Å². The van der Waals surface area contributed by atoms with E-state index >= 15 is 0 Å². The number of pyridine rings is 1. The number of carbonyl (C=O) groups is 2. The van der Waals surface area contributed by atoms with E-state index in [9.17, 15) is 26.3 Å². The molecule has 1 aromatic carbocycles. The Kier molecular flexibility index (Phi) is 10.9. The van der Waals surface area contributed by atoms with Crippen molar-refractivity contribution in [1.29, 1.82) is 0 Å². The minimum atomic E-state index is -5.08. The van der Waals surface area contributed by atoms with Crippen LogP contribution in [0.1, 0.15) is 11.3 Å². The number of aromatic nitrogens is 1. The van der Waals surface area contributed by atoms with E-state index in [2.05, 4.69) is 51.2 Å².